The largest absolute Gasteiger partial charge is 0.416 e. The van der Waals surface area contributed by atoms with Crippen molar-refractivity contribution in [1.29, 1.82) is 0 Å². The Hall–Kier alpha value is -2.65. The highest BCUT2D eigenvalue weighted by atomic mass is 19.4. The number of benzene rings is 2. The smallest absolute Gasteiger partial charge is 0.377 e. The maximum absolute atomic E-state index is 14.2. The van der Waals surface area contributed by atoms with Crippen LogP contribution in [-0.4, -0.2) is 12.4 Å². The third-order valence-corrected chi connectivity index (χ3v) is 3.76. The molecule has 0 bridgehead atoms. The minimum Gasteiger partial charge on any atom is -0.377 e. The molecule has 0 fully saturated rings. The number of carbonyl (C=O) groups excluding carboxylic acids is 1. The lowest BCUT2D eigenvalue weighted by atomic mass is 9.97. The predicted molar refractivity (Wildman–Crippen MR) is 93.6 cm³/mol. The van der Waals surface area contributed by atoms with Gasteiger partial charge in [0.25, 0.3) is 0 Å². The Labute approximate surface area is 155 Å². The van der Waals surface area contributed by atoms with Gasteiger partial charge in [-0.3, -0.25) is 4.79 Å². The maximum atomic E-state index is 14.2. The van der Waals surface area contributed by atoms with E-state index in [-0.39, 0.29) is 18.6 Å². The lowest BCUT2D eigenvalue weighted by molar-refractivity contribution is -0.137. The van der Waals surface area contributed by atoms with Crippen LogP contribution < -0.4 is 0 Å². The molecule has 6 heteroatoms. The second-order valence-corrected chi connectivity index (χ2v) is 5.82. The number of carbonyl (C=O) groups is 1. The fraction of sp³-hybridized carbons (Fsp3) is 0.286. The van der Waals surface area contributed by atoms with E-state index in [2.05, 4.69) is 11.8 Å². The van der Waals surface area contributed by atoms with E-state index in [1.54, 1.807) is 0 Å². The van der Waals surface area contributed by atoms with Gasteiger partial charge in [0.2, 0.25) is 0 Å². The number of Topliss-reactive ketones (excluding diaryl/α,β-unsaturated/α-hetero) is 1. The maximum Gasteiger partial charge on any atom is 0.416 e. The molecule has 0 radical (unpaired) electrons. The number of hydrogen-bond acceptors (Lipinski definition) is 2. The zero-order chi connectivity index (χ0) is 19.9. The SMILES string of the molecule is CC#Cc1cc(C(F)(F)F)cc(F)c1C(=O)CCCOCc1ccccc1. The topological polar surface area (TPSA) is 26.3 Å². The molecule has 0 saturated heterocycles. The monoisotopic (exact) mass is 378 g/mol. The van der Waals surface area contributed by atoms with Crippen molar-refractivity contribution < 1.29 is 27.1 Å². The van der Waals surface area contributed by atoms with Crippen LogP contribution in [-0.2, 0) is 17.5 Å². The number of ketones is 1. The number of ether oxygens (including phenoxy) is 1. The molecular weight excluding hydrogens is 360 g/mol. The van der Waals surface area contributed by atoms with E-state index < -0.39 is 28.9 Å². The molecule has 0 heterocycles. The molecule has 2 rings (SSSR count). The molecule has 27 heavy (non-hydrogen) atoms. The Balaban J connectivity index is 2.01. The van der Waals surface area contributed by atoms with Crippen LogP contribution in [0.15, 0.2) is 42.5 Å². The van der Waals surface area contributed by atoms with Crippen molar-refractivity contribution in [2.24, 2.45) is 0 Å². The minimum atomic E-state index is -4.71. The average molecular weight is 378 g/mol. The van der Waals surface area contributed by atoms with Gasteiger partial charge in [-0.25, -0.2) is 4.39 Å². The highest BCUT2D eigenvalue weighted by Gasteiger charge is 2.33. The van der Waals surface area contributed by atoms with Gasteiger partial charge in [0.05, 0.1) is 17.7 Å². The van der Waals surface area contributed by atoms with Crippen molar-refractivity contribution in [2.75, 3.05) is 6.61 Å². The van der Waals surface area contributed by atoms with E-state index in [1.807, 2.05) is 30.3 Å². The first-order valence-electron chi connectivity index (χ1n) is 8.31. The van der Waals surface area contributed by atoms with Gasteiger partial charge < -0.3 is 4.74 Å². The summed E-state index contributed by atoms with van der Waals surface area (Å²) in [6.45, 7) is 2.07. The zero-order valence-corrected chi connectivity index (χ0v) is 14.7. The van der Waals surface area contributed by atoms with Gasteiger partial charge in [0, 0.05) is 18.6 Å². The summed E-state index contributed by atoms with van der Waals surface area (Å²) in [7, 11) is 0. The molecule has 142 valence electrons. The first-order valence-corrected chi connectivity index (χ1v) is 8.31. The Kier molecular flexibility index (Phi) is 7.14. The van der Waals surface area contributed by atoms with Gasteiger partial charge in [-0.05, 0) is 31.0 Å². The molecule has 0 amide bonds. The van der Waals surface area contributed by atoms with Gasteiger partial charge in [-0.1, -0.05) is 36.3 Å². The fourth-order valence-corrected chi connectivity index (χ4v) is 2.51. The Morgan fingerprint density at radius 1 is 1.15 bits per heavy atom. The van der Waals surface area contributed by atoms with E-state index in [0.717, 1.165) is 5.56 Å². The van der Waals surface area contributed by atoms with E-state index >= 15 is 0 Å². The van der Waals surface area contributed by atoms with Crippen molar-refractivity contribution in [3.8, 4) is 11.8 Å². The molecule has 0 atom stereocenters. The summed E-state index contributed by atoms with van der Waals surface area (Å²) < 4.78 is 58.1. The van der Waals surface area contributed by atoms with Crippen LogP contribution in [0.4, 0.5) is 17.6 Å². The van der Waals surface area contributed by atoms with E-state index in [9.17, 15) is 22.4 Å². The van der Waals surface area contributed by atoms with Crippen LogP contribution in [0.1, 0.15) is 46.8 Å². The molecule has 2 aromatic rings. The zero-order valence-electron chi connectivity index (χ0n) is 14.7. The molecule has 0 aliphatic rings. The average Bonchev–Trinajstić information content (AvgIpc) is 2.61. The Morgan fingerprint density at radius 3 is 2.48 bits per heavy atom. The Bertz CT molecular complexity index is 846. The van der Waals surface area contributed by atoms with Gasteiger partial charge in [0.1, 0.15) is 5.82 Å². The van der Waals surface area contributed by atoms with Crippen molar-refractivity contribution >= 4 is 5.78 Å². The predicted octanol–water partition coefficient (Wildman–Crippen LogP) is 5.40. The van der Waals surface area contributed by atoms with Gasteiger partial charge in [-0.15, -0.1) is 5.92 Å². The fourth-order valence-electron chi connectivity index (χ4n) is 2.51. The van der Waals surface area contributed by atoms with Gasteiger partial charge in [-0.2, -0.15) is 13.2 Å². The number of alkyl halides is 3. The first-order chi connectivity index (χ1) is 12.8. The van der Waals surface area contributed by atoms with E-state index in [4.69, 9.17) is 4.74 Å². The molecule has 0 N–H and O–H groups in total. The summed E-state index contributed by atoms with van der Waals surface area (Å²) in [5.41, 5.74) is -0.834. The van der Waals surface area contributed by atoms with Crippen LogP contribution >= 0.6 is 0 Å². The van der Waals surface area contributed by atoms with Gasteiger partial charge >= 0.3 is 6.18 Å². The van der Waals surface area contributed by atoms with Crippen LogP contribution in [0.25, 0.3) is 0 Å². The molecule has 2 aromatic carbocycles. The number of rotatable bonds is 7. The molecule has 0 aliphatic heterocycles. The summed E-state index contributed by atoms with van der Waals surface area (Å²) in [6.07, 6.45) is -4.43. The summed E-state index contributed by atoms with van der Waals surface area (Å²) in [6, 6.07) is 10.5. The number of halogens is 4. The number of hydrogen-bond donors (Lipinski definition) is 0. The summed E-state index contributed by atoms with van der Waals surface area (Å²) in [4.78, 5) is 12.3. The molecular formula is C21H18F4O2. The second kappa shape index (κ2) is 9.33. The van der Waals surface area contributed by atoms with Crippen LogP contribution in [0, 0.1) is 17.7 Å². The second-order valence-electron chi connectivity index (χ2n) is 5.82. The van der Waals surface area contributed by atoms with Crippen molar-refractivity contribution in [2.45, 2.75) is 32.5 Å². The summed E-state index contributed by atoms with van der Waals surface area (Å²) in [5.74, 6) is 3.00. The normalized spacial score (nSPS) is 11.0. The first kappa shape index (κ1) is 20.7. The van der Waals surface area contributed by atoms with Crippen LogP contribution in [0.3, 0.4) is 0 Å². The molecule has 2 nitrogen and oxygen atoms in total. The third-order valence-electron chi connectivity index (χ3n) is 3.76. The Morgan fingerprint density at radius 2 is 1.85 bits per heavy atom. The van der Waals surface area contributed by atoms with Crippen molar-refractivity contribution in [3.63, 3.8) is 0 Å². The van der Waals surface area contributed by atoms with Crippen molar-refractivity contribution in [1.82, 2.24) is 0 Å². The standard InChI is InChI=1S/C21H18F4O2/c1-2-7-16-12-17(21(23,24)25)13-18(22)20(16)19(26)10-6-11-27-14-15-8-4-3-5-9-15/h3-5,8-9,12-13H,6,10-11,14H2,1H3. The molecule has 0 spiro atoms. The molecule has 0 aliphatic carbocycles. The van der Waals surface area contributed by atoms with Crippen LogP contribution in [0.5, 0.6) is 0 Å². The molecule has 0 aromatic heterocycles. The summed E-state index contributed by atoms with van der Waals surface area (Å²) >= 11 is 0. The lowest BCUT2D eigenvalue weighted by Gasteiger charge is -2.11. The van der Waals surface area contributed by atoms with Crippen molar-refractivity contribution in [3.05, 3.63) is 70.5 Å². The van der Waals surface area contributed by atoms with E-state index in [1.165, 1.54) is 6.92 Å². The highest BCUT2D eigenvalue weighted by molar-refractivity contribution is 5.98. The lowest BCUT2D eigenvalue weighted by Crippen LogP contribution is -2.12. The summed E-state index contributed by atoms with van der Waals surface area (Å²) in [5, 5.41) is 0. The van der Waals surface area contributed by atoms with E-state index in [0.29, 0.717) is 25.2 Å². The molecule has 0 unspecified atom stereocenters. The van der Waals surface area contributed by atoms with Gasteiger partial charge in [0.15, 0.2) is 5.78 Å². The van der Waals surface area contributed by atoms with Crippen LogP contribution in [0.2, 0.25) is 0 Å². The minimum absolute atomic E-state index is 0.0462. The molecule has 0 saturated carbocycles. The third kappa shape index (κ3) is 5.93. The highest BCUT2D eigenvalue weighted by Crippen LogP contribution is 2.32. The quantitative estimate of drug-likeness (QED) is 0.279.